The highest BCUT2D eigenvalue weighted by Gasteiger charge is 2.37. The molecule has 1 aliphatic heterocycles. The van der Waals surface area contributed by atoms with E-state index >= 15 is 8.78 Å². The minimum atomic E-state index is -3.27. The average molecular weight is 658 g/mol. The van der Waals surface area contributed by atoms with E-state index < -0.39 is 53.6 Å². The van der Waals surface area contributed by atoms with Gasteiger partial charge >= 0.3 is 19.3 Å². The van der Waals surface area contributed by atoms with E-state index in [0.717, 1.165) is 5.56 Å². The summed E-state index contributed by atoms with van der Waals surface area (Å²) >= 11 is 0. The van der Waals surface area contributed by atoms with Crippen LogP contribution >= 0.6 is 0 Å². The number of ether oxygens (including phenoxy) is 2. The number of hydrogen-bond acceptors (Lipinski definition) is 6. The lowest BCUT2D eigenvalue weighted by Crippen LogP contribution is -2.24. The summed E-state index contributed by atoms with van der Waals surface area (Å²) in [6.45, 7) is 5.54. The molecule has 3 aromatic carbocycles. The van der Waals surface area contributed by atoms with Crippen LogP contribution in [-0.4, -0.2) is 28.9 Å². The van der Waals surface area contributed by atoms with E-state index in [0.29, 0.717) is 27.7 Å². The van der Waals surface area contributed by atoms with E-state index in [1.807, 2.05) is 6.07 Å². The molecule has 0 amide bonds. The molecule has 0 saturated heterocycles. The van der Waals surface area contributed by atoms with E-state index in [1.54, 1.807) is 61.5 Å². The molecular formula is C36H31BF4N2O5. The molecule has 0 bridgehead atoms. The molecular weight excluding hydrogens is 627 g/mol. The predicted molar refractivity (Wildman–Crippen MR) is 173 cm³/mol. The highest BCUT2D eigenvalue weighted by atomic mass is 19.2. The maximum Gasteiger partial charge on any atom is 0.677 e. The van der Waals surface area contributed by atoms with Crippen molar-refractivity contribution >= 4 is 24.9 Å². The predicted octanol–water partition coefficient (Wildman–Crippen LogP) is 7.54. The second kappa shape index (κ2) is 14.1. The Morgan fingerprint density at radius 3 is 1.85 bits per heavy atom. The fourth-order valence-electron chi connectivity index (χ4n) is 5.82. The highest BCUT2D eigenvalue weighted by molar-refractivity contribution is 6.42. The molecule has 246 valence electrons. The van der Waals surface area contributed by atoms with Gasteiger partial charge in [-0.2, -0.15) is 0 Å². The zero-order chi connectivity index (χ0) is 34.7. The van der Waals surface area contributed by atoms with E-state index in [9.17, 15) is 23.3 Å². The first-order chi connectivity index (χ1) is 22.9. The van der Waals surface area contributed by atoms with Crippen LogP contribution in [0.1, 0.15) is 57.8 Å². The molecule has 0 spiro atoms. The van der Waals surface area contributed by atoms with Crippen LogP contribution in [0.3, 0.4) is 0 Å². The maximum absolute atomic E-state index is 15.7. The molecule has 2 N–H and O–H groups in total. The number of aromatic nitrogens is 1. The minimum absolute atomic E-state index is 0.0452. The summed E-state index contributed by atoms with van der Waals surface area (Å²) in [7, 11) is -3.27. The lowest BCUT2D eigenvalue weighted by atomic mass is 9.88. The van der Waals surface area contributed by atoms with Crippen molar-refractivity contribution in [3.8, 4) is 5.75 Å². The average Bonchev–Trinajstić information content (AvgIpc) is 3.31. The maximum atomic E-state index is 15.7. The molecule has 0 saturated carbocycles. The number of rotatable bonds is 9. The molecule has 0 aliphatic carbocycles. The number of benzene rings is 3. The van der Waals surface area contributed by atoms with Gasteiger partial charge in [0.05, 0.1) is 22.4 Å². The number of aromatic hydroxyl groups is 1. The zero-order valence-electron chi connectivity index (χ0n) is 26.5. The number of halogens is 4. The molecule has 5 rings (SSSR count). The summed E-state index contributed by atoms with van der Waals surface area (Å²) in [6.07, 6.45) is 1.39. The van der Waals surface area contributed by atoms with Gasteiger partial charge in [0.15, 0.2) is 0 Å². The molecule has 1 aromatic heterocycles. The molecule has 4 aromatic rings. The molecule has 2 heterocycles. The summed E-state index contributed by atoms with van der Waals surface area (Å²) in [5.41, 5.74) is -0.169. The van der Waals surface area contributed by atoms with Crippen LogP contribution in [0.15, 0.2) is 101 Å². The van der Waals surface area contributed by atoms with Crippen molar-refractivity contribution in [2.45, 2.75) is 40.9 Å². The van der Waals surface area contributed by atoms with Gasteiger partial charge in [-0.3, -0.25) is 8.63 Å². The third kappa shape index (κ3) is 6.64. The fourth-order valence-corrected chi connectivity index (χ4v) is 5.82. The first kappa shape index (κ1) is 33.8. The summed E-state index contributed by atoms with van der Waals surface area (Å²) < 4.78 is 72.9. The van der Waals surface area contributed by atoms with Crippen LogP contribution in [0.25, 0.3) is 5.57 Å². The van der Waals surface area contributed by atoms with E-state index in [2.05, 4.69) is 5.32 Å². The van der Waals surface area contributed by atoms with Crippen molar-refractivity contribution in [1.29, 1.82) is 0 Å². The van der Waals surface area contributed by atoms with Crippen molar-refractivity contribution < 1.29 is 41.6 Å². The molecule has 7 nitrogen and oxygen atoms in total. The lowest BCUT2D eigenvalue weighted by Gasteiger charge is -2.25. The number of esters is 2. The Morgan fingerprint density at radius 1 is 0.812 bits per heavy atom. The Bertz CT molecular complexity index is 1960. The Kier molecular flexibility index (Phi) is 9.93. The third-order valence-electron chi connectivity index (χ3n) is 8.06. The van der Waals surface area contributed by atoms with Crippen LogP contribution in [-0.2, 0) is 27.5 Å². The largest absolute Gasteiger partial charge is 0.677 e. The van der Waals surface area contributed by atoms with Crippen LogP contribution < -0.4 is 5.32 Å². The van der Waals surface area contributed by atoms with Crippen LogP contribution in [0.4, 0.5) is 17.4 Å². The van der Waals surface area contributed by atoms with Crippen LogP contribution in [0.2, 0.25) is 0 Å². The summed E-state index contributed by atoms with van der Waals surface area (Å²) in [5, 5.41) is 12.9. The number of nitrogens with zero attached hydrogens (tertiary/aromatic N) is 1. The molecule has 0 fully saturated rings. The first-order valence-corrected chi connectivity index (χ1v) is 14.9. The first-order valence-electron chi connectivity index (χ1n) is 14.9. The van der Waals surface area contributed by atoms with Gasteiger partial charge < -0.3 is 24.4 Å². The zero-order valence-corrected chi connectivity index (χ0v) is 26.5. The topological polar surface area (TPSA) is 89.8 Å². The number of phenols is 1. The van der Waals surface area contributed by atoms with Crippen LogP contribution in [0.5, 0.6) is 5.75 Å². The van der Waals surface area contributed by atoms with Gasteiger partial charge in [0, 0.05) is 35.3 Å². The SMILES string of the molecule is CC1=CN/C(=C(/c2c(F)cc(O)cc2F)c2c(C)c(C(=O)OCc3ccccc3)c(C)n2B(F)F)C(C)=C1C(=O)OCc1ccccc1. The molecule has 1 aliphatic rings. The van der Waals surface area contributed by atoms with E-state index in [-0.39, 0.29) is 46.9 Å². The Morgan fingerprint density at radius 2 is 1.33 bits per heavy atom. The Balaban J connectivity index is 1.72. The standard InChI is InChI=1S/C36H31BF4N2O5/c1-20-17-42-33(21(2)29(20)35(45)47-18-24-11-7-5-8-12-24)32(31-27(38)15-26(44)16-28(31)39)34-22(3)30(23(4)43(34)37(40)41)36(46)48-19-25-13-9-6-10-14-25/h5-17,42,44H,18-19H2,1-4H3/b33-32-. The van der Waals surface area contributed by atoms with Crippen molar-refractivity contribution in [2.75, 3.05) is 0 Å². The fraction of sp³-hybridized carbons (Fsp3) is 0.167. The van der Waals surface area contributed by atoms with E-state index in [4.69, 9.17) is 9.47 Å². The quantitative estimate of drug-likeness (QED) is 0.110. The summed E-state index contributed by atoms with van der Waals surface area (Å²) in [4.78, 5) is 26.9. The number of carbonyl (C=O) groups excluding carboxylic acids is 2. The molecule has 48 heavy (non-hydrogen) atoms. The summed E-state index contributed by atoms with van der Waals surface area (Å²) in [6, 6.07) is 18.9. The number of nitrogens with one attached hydrogen (secondary N) is 1. The number of dihydropyridines is 1. The number of allylic oxidation sites excluding steroid dienone is 1. The lowest BCUT2D eigenvalue weighted by molar-refractivity contribution is -0.140. The molecule has 0 radical (unpaired) electrons. The number of phenolic OH excluding ortho intramolecular Hbond substituents is 1. The Labute approximate surface area is 275 Å². The molecule has 0 atom stereocenters. The van der Waals surface area contributed by atoms with Gasteiger partial charge in [0.2, 0.25) is 0 Å². The van der Waals surface area contributed by atoms with Crippen molar-refractivity contribution in [2.24, 2.45) is 0 Å². The van der Waals surface area contributed by atoms with Gasteiger partial charge in [-0.25, -0.2) is 18.4 Å². The second-order valence-electron chi connectivity index (χ2n) is 11.2. The molecule has 12 heteroatoms. The normalized spacial score (nSPS) is 13.9. The van der Waals surface area contributed by atoms with Gasteiger partial charge in [0.1, 0.15) is 30.6 Å². The van der Waals surface area contributed by atoms with Crippen molar-refractivity contribution in [1.82, 2.24) is 9.79 Å². The van der Waals surface area contributed by atoms with Gasteiger partial charge in [0.25, 0.3) is 0 Å². The molecule has 0 unspecified atom stereocenters. The van der Waals surface area contributed by atoms with Crippen molar-refractivity contribution in [3.05, 3.63) is 152 Å². The second-order valence-corrected chi connectivity index (χ2v) is 11.2. The van der Waals surface area contributed by atoms with E-state index in [1.165, 1.54) is 27.0 Å². The number of carbonyl (C=O) groups is 2. The number of hydrogen-bond donors (Lipinski definition) is 2. The summed E-state index contributed by atoms with van der Waals surface area (Å²) in [5.74, 6) is -4.94. The van der Waals surface area contributed by atoms with Crippen LogP contribution in [0, 0.1) is 25.5 Å². The highest BCUT2D eigenvalue weighted by Crippen LogP contribution is 2.41. The Hall–Kier alpha value is -5.52. The van der Waals surface area contributed by atoms with Gasteiger partial charge in [-0.15, -0.1) is 0 Å². The van der Waals surface area contributed by atoms with Gasteiger partial charge in [-0.1, -0.05) is 60.7 Å². The monoisotopic (exact) mass is 658 g/mol. The van der Waals surface area contributed by atoms with Gasteiger partial charge in [-0.05, 0) is 55.5 Å². The third-order valence-corrected chi connectivity index (χ3v) is 8.06. The smallest absolute Gasteiger partial charge is 0.508 e. The minimum Gasteiger partial charge on any atom is -0.508 e. The van der Waals surface area contributed by atoms with Crippen molar-refractivity contribution in [3.63, 3.8) is 0 Å².